The minimum Gasteiger partial charge on any atom is -1.00 e. The third kappa shape index (κ3) is 3.62. The zero-order valence-electron chi connectivity index (χ0n) is 7.03. The maximum absolute atomic E-state index is 9.08. The molecule has 0 amide bonds. The summed E-state index contributed by atoms with van der Waals surface area (Å²) in [6, 6.07) is 0. The van der Waals surface area contributed by atoms with Crippen LogP contribution in [0.15, 0.2) is 11.7 Å². The number of thiazole rings is 1. The number of ether oxygens (including phenoxy) is 1. The molecule has 1 aromatic heterocycles. The van der Waals surface area contributed by atoms with Crippen LogP contribution in [-0.4, -0.2) is 18.5 Å². The summed E-state index contributed by atoms with van der Waals surface area (Å²) >= 11 is 1.65. The molecule has 1 aromatic rings. The van der Waals surface area contributed by atoms with Crippen molar-refractivity contribution in [3.05, 3.63) is 16.6 Å². The van der Waals surface area contributed by atoms with E-state index in [9.17, 15) is 0 Å². The van der Waals surface area contributed by atoms with Crippen molar-refractivity contribution in [1.29, 1.82) is 0 Å². The zero-order valence-corrected chi connectivity index (χ0v) is 9.43. The molecule has 1 unspecified atom stereocenters. The van der Waals surface area contributed by atoms with Gasteiger partial charge in [-0.1, -0.05) is 11.3 Å². The Hall–Kier alpha value is 0.0300. The number of hydrogen-bond acceptors (Lipinski definition) is 3. The van der Waals surface area contributed by atoms with Gasteiger partial charge in [-0.05, 0) is 6.92 Å². The summed E-state index contributed by atoms with van der Waals surface area (Å²) in [5.41, 5.74) is 1.96. The quantitative estimate of drug-likeness (QED) is 0.471. The normalized spacial score (nSPS) is 12.2. The fourth-order valence-corrected chi connectivity index (χ4v) is 1.44. The Morgan fingerprint density at radius 2 is 2.42 bits per heavy atom. The summed E-state index contributed by atoms with van der Waals surface area (Å²) in [5.74, 6) is 0. The summed E-state index contributed by atoms with van der Waals surface area (Å²) < 4.78 is 6.61. The Morgan fingerprint density at radius 3 is 2.83 bits per heavy atom. The van der Waals surface area contributed by atoms with Gasteiger partial charge in [0.25, 0.3) is 0 Å². The van der Waals surface area contributed by atoms with Crippen molar-refractivity contribution in [3.8, 4) is 0 Å². The van der Waals surface area contributed by atoms with Gasteiger partial charge >= 0.3 is 0 Å². The highest BCUT2D eigenvalue weighted by atomic mass is 79.9. The Bertz CT molecular complexity index is 229. The zero-order chi connectivity index (χ0) is 8.27. The van der Waals surface area contributed by atoms with E-state index in [2.05, 4.69) is 0 Å². The molecule has 0 aliphatic heterocycles. The molecule has 5 heteroatoms. The number of aliphatic hydroxyl groups is 1. The maximum Gasteiger partial charge on any atom is 0.225 e. The summed E-state index contributed by atoms with van der Waals surface area (Å²) in [5, 5.41) is 9.08. The first-order valence-corrected chi connectivity index (χ1v) is 4.25. The third-order valence-corrected chi connectivity index (χ3v) is 2.21. The predicted octanol–water partition coefficient (Wildman–Crippen LogP) is -2.69. The molecule has 1 N–H and O–H groups in total. The van der Waals surface area contributed by atoms with Crippen LogP contribution in [0.25, 0.3) is 0 Å². The fourth-order valence-electron chi connectivity index (χ4n) is 0.796. The lowest BCUT2D eigenvalue weighted by atomic mass is 10.5. The van der Waals surface area contributed by atoms with Crippen LogP contribution >= 0.6 is 11.3 Å². The molecular weight excluding hydrogens is 242 g/mol. The first-order valence-electron chi connectivity index (χ1n) is 3.37. The van der Waals surface area contributed by atoms with Crippen molar-refractivity contribution in [2.24, 2.45) is 0 Å². The number of aryl methyl sites for hydroxylation is 1. The molecule has 0 aromatic carbocycles. The second-order valence-electron chi connectivity index (χ2n) is 2.35. The van der Waals surface area contributed by atoms with Crippen molar-refractivity contribution in [2.75, 3.05) is 7.11 Å². The maximum atomic E-state index is 9.08. The van der Waals surface area contributed by atoms with Crippen LogP contribution in [0, 0.1) is 6.92 Å². The molecule has 12 heavy (non-hydrogen) atoms. The molecule has 0 fully saturated rings. The molecule has 70 valence electrons. The Balaban J connectivity index is 0.00000121. The summed E-state index contributed by atoms with van der Waals surface area (Å²) in [6.45, 7) is 2.53. The van der Waals surface area contributed by atoms with Gasteiger partial charge in [-0.2, -0.15) is 4.57 Å². The van der Waals surface area contributed by atoms with Crippen LogP contribution in [0.2, 0.25) is 0 Å². The van der Waals surface area contributed by atoms with Crippen molar-refractivity contribution in [2.45, 2.75) is 19.8 Å². The van der Waals surface area contributed by atoms with Gasteiger partial charge in [-0.25, -0.2) is 0 Å². The largest absolute Gasteiger partial charge is 1.00 e. The Morgan fingerprint density at radius 1 is 1.75 bits per heavy atom. The lowest BCUT2D eigenvalue weighted by Crippen LogP contribution is -3.00. The number of nitrogens with zero attached hydrogens (tertiary/aromatic N) is 1. The van der Waals surface area contributed by atoms with E-state index in [0.717, 1.165) is 0 Å². The number of aromatic nitrogens is 1. The summed E-state index contributed by atoms with van der Waals surface area (Å²) in [4.78, 5) is 1.23. The van der Waals surface area contributed by atoms with Gasteiger partial charge in [0.05, 0.1) is 4.88 Å². The Labute approximate surface area is 86.4 Å². The number of methoxy groups -OCH3 is 1. The van der Waals surface area contributed by atoms with Gasteiger partial charge in [0.15, 0.2) is 12.7 Å². The average molecular weight is 254 g/mol. The average Bonchev–Trinajstić information content (AvgIpc) is 2.35. The smallest absolute Gasteiger partial charge is 0.225 e. The van der Waals surface area contributed by atoms with Crippen molar-refractivity contribution in [3.63, 3.8) is 0 Å². The minimum atomic E-state index is -0.700. The molecular formula is C7H12BrNO2S. The van der Waals surface area contributed by atoms with Gasteiger partial charge in [0, 0.05) is 7.11 Å². The molecule has 0 spiro atoms. The van der Waals surface area contributed by atoms with Gasteiger partial charge in [-0.3, -0.25) is 0 Å². The van der Waals surface area contributed by atoms with E-state index in [1.54, 1.807) is 11.3 Å². The monoisotopic (exact) mass is 253 g/mol. The lowest BCUT2D eigenvalue weighted by molar-refractivity contribution is -0.705. The highest BCUT2D eigenvalue weighted by molar-refractivity contribution is 7.09. The van der Waals surface area contributed by atoms with E-state index in [4.69, 9.17) is 9.84 Å². The van der Waals surface area contributed by atoms with Gasteiger partial charge in [0.1, 0.15) is 0 Å². The Kier molecular flexibility index (Phi) is 5.65. The van der Waals surface area contributed by atoms with E-state index in [1.807, 2.05) is 23.2 Å². The topological polar surface area (TPSA) is 33.3 Å². The molecule has 1 heterocycles. The van der Waals surface area contributed by atoms with E-state index in [1.165, 1.54) is 12.0 Å². The minimum absolute atomic E-state index is 0. The highest BCUT2D eigenvalue weighted by Gasteiger charge is 2.10. The molecule has 1 rings (SSSR count). The van der Waals surface area contributed by atoms with Crippen LogP contribution in [-0.2, 0) is 11.3 Å². The SMILES string of the molecule is COC(O)C[n+]1csc(C)c1.[Br-]. The van der Waals surface area contributed by atoms with Crippen molar-refractivity contribution >= 4 is 11.3 Å². The molecule has 0 saturated carbocycles. The van der Waals surface area contributed by atoms with E-state index in [-0.39, 0.29) is 17.0 Å². The van der Waals surface area contributed by atoms with Crippen LogP contribution < -0.4 is 21.5 Å². The second kappa shape index (κ2) is 5.64. The van der Waals surface area contributed by atoms with Crippen molar-refractivity contribution in [1.82, 2.24) is 0 Å². The molecule has 1 atom stereocenters. The predicted molar refractivity (Wildman–Crippen MR) is 42.3 cm³/mol. The van der Waals surface area contributed by atoms with Gasteiger partial charge in [-0.15, -0.1) is 0 Å². The molecule has 0 bridgehead atoms. The van der Waals surface area contributed by atoms with Crippen molar-refractivity contribution < 1.29 is 31.4 Å². The summed E-state index contributed by atoms with van der Waals surface area (Å²) in [7, 11) is 1.49. The van der Waals surface area contributed by atoms with Gasteiger partial charge < -0.3 is 26.8 Å². The highest BCUT2D eigenvalue weighted by Crippen LogP contribution is 2.00. The second-order valence-corrected chi connectivity index (χ2v) is 3.44. The first kappa shape index (κ1) is 12.0. The van der Waals surface area contributed by atoms with E-state index < -0.39 is 6.29 Å². The van der Waals surface area contributed by atoms with Gasteiger partial charge in [0.2, 0.25) is 11.8 Å². The molecule has 0 saturated heterocycles. The first-order chi connectivity index (χ1) is 5.22. The van der Waals surface area contributed by atoms with E-state index >= 15 is 0 Å². The molecule has 0 aliphatic rings. The van der Waals surface area contributed by atoms with Crippen LogP contribution in [0.5, 0.6) is 0 Å². The molecule has 0 radical (unpaired) electrons. The standard InChI is InChI=1S/C7H12NO2S.BrH/c1-6-3-8(5-11-6)4-7(9)10-2;/h3,5,7,9H,4H2,1-2H3;1H/q+1;/p-1. The number of halogens is 1. The van der Waals surface area contributed by atoms with E-state index in [0.29, 0.717) is 6.54 Å². The number of aliphatic hydroxyl groups excluding tert-OH is 1. The fraction of sp³-hybridized carbons (Fsp3) is 0.571. The lowest BCUT2D eigenvalue weighted by Gasteiger charge is -2.01. The number of hydrogen-bond donors (Lipinski definition) is 1. The van der Waals surface area contributed by atoms with Crippen LogP contribution in [0.1, 0.15) is 4.88 Å². The summed E-state index contributed by atoms with van der Waals surface area (Å²) in [6.07, 6.45) is 1.28. The van der Waals surface area contributed by atoms with Crippen LogP contribution in [0.4, 0.5) is 0 Å². The molecule has 0 aliphatic carbocycles. The number of rotatable bonds is 3. The van der Waals surface area contributed by atoms with Crippen LogP contribution in [0.3, 0.4) is 0 Å². The molecule has 3 nitrogen and oxygen atoms in total. The third-order valence-electron chi connectivity index (χ3n) is 1.36.